The minimum Gasteiger partial charge on any atom is -0.465 e. The van der Waals surface area contributed by atoms with Crippen LogP contribution in [0.3, 0.4) is 0 Å². The standard InChI is InChI=1S/C11H18N2O2/c1-8-5-6-10(15-8)9(2)12-7-11(14)13(3)4/h5-6,9,12H,7H2,1-4H3/t9-/m0/s1. The highest BCUT2D eigenvalue weighted by molar-refractivity contribution is 5.77. The van der Waals surface area contributed by atoms with E-state index in [0.29, 0.717) is 6.54 Å². The molecule has 84 valence electrons. The lowest BCUT2D eigenvalue weighted by Gasteiger charge is -2.14. The van der Waals surface area contributed by atoms with Crippen molar-refractivity contribution in [1.82, 2.24) is 10.2 Å². The Balaban J connectivity index is 2.43. The summed E-state index contributed by atoms with van der Waals surface area (Å²) < 4.78 is 5.45. The molecule has 1 aromatic rings. The Kier molecular flexibility index (Phi) is 3.91. The number of hydrogen-bond donors (Lipinski definition) is 1. The Morgan fingerprint density at radius 3 is 2.67 bits per heavy atom. The maximum atomic E-state index is 11.3. The molecular weight excluding hydrogens is 192 g/mol. The SMILES string of the molecule is Cc1ccc([C@H](C)NCC(=O)N(C)C)o1. The van der Waals surface area contributed by atoms with Crippen molar-refractivity contribution < 1.29 is 9.21 Å². The van der Waals surface area contributed by atoms with Crippen molar-refractivity contribution in [1.29, 1.82) is 0 Å². The molecule has 0 saturated carbocycles. The molecule has 1 N–H and O–H groups in total. The van der Waals surface area contributed by atoms with Crippen molar-refractivity contribution in [2.45, 2.75) is 19.9 Å². The van der Waals surface area contributed by atoms with Gasteiger partial charge in [-0.25, -0.2) is 0 Å². The van der Waals surface area contributed by atoms with Crippen LogP contribution in [-0.2, 0) is 4.79 Å². The summed E-state index contributed by atoms with van der Waals surface area (Å²) in [5.41, 5.74) is 0. The van der Waals surface area contributed by atoms with E-state index in [4.69, 9.17) is 4.42 Å². The van der Waals surface area contributed by atoms with Gasteiger partial charge in [-0.05, 0) is 26.0 Å². The molecular formula is C11H18N2O2. The molecule has 0 bridgehead atoms. The van der Waals surface area contributed by atoms with Crippen molar-refractivity contribution in [3.05, 3.63) is 23.7 Å². The van der Waals surface area contributed by atoms with Crippen LogP contribution in [0.5, 0.6) is 0 Å². The zero-order valence-corrected chi connectivity index (χ0v) is 9.70. The predicted molar refractivity (Wildman–Crippen MR) is 58.6 cm³/mol. The van der Waals surface area contributed by atoms with Crippen LogP contribution in [-0.4, -0.2) is 31.4 Å². The fourth-order valence-electron chi connectivity index (χ4n) is 1.19. The molecule has 1 atom stereocenters. The van der Waals surface area contributed by atoms with E-state index < -0.39 is 0 Å². The van der Waals surface area contributed by atoms with Crippen LogP contribution in [0.15, 0.2) is 16.5 Å². The smallest absolute Gasteiger partial charge is 0.236 e. The van der Waals surface area contributed by atoms with E-state index in [1.54, 1.807) is 19.0 Å². The summed E-state index contributed by atoms with van der Waals surface area (Å²) in [6.07, 6.45) is 0. The van der Waals surface area contributed by atoms with E-state index in [0.717, 1.165) is 11.5 Å². The summed E-state index contributed by atoms with van der Waals surface area (Å²) in [6.45, 7) is 4.20. The first kappa shape index (κ1) is 11.8. The summed E-state index contributed by atoms with van der Waals surface area (Å²) in [5.74, 6) is 1.81. The average Bonchev–Trinajstić information content (AvgIpc) is 2.60. The first-order valence-electron chi connectivity index (χ1n) is 5.00. The summed E-state index contributed by atoms with van der Waals surface area (Å²) in [6, 6.07) is 3.90. The lowest BCUT2D eigenvalue weighted by atomic mass is 10.2. The van der Waals surface area contributed by atoms with Gasteiger partial charge in [0.25, 0.3) is 0 Å². The zero-order valence-electron chi connectivity index (χ0n) is 9.70. The second kappa shape index (κ2) is 4.98. The van der Waals surface area contributed by atoms with Crippen molar-refractivity contribution in [2.75, 3.05) is 20.6 Å². The number of aryl methyl sites for hydroxylation is 1. The Morgan fingerprint density at radius 1 is 1.53 bits per heavy atom. The molecule has 4 heteroatoms. The molecule has 1 amide bonds. The first-order valence-corrected chi connectivity index (χ1v) is 5.00. The second-order valence-electron chi connectivity index (χ2n) is 3.84. The lowest BCUT2D eigenvalue weighted by Crippen LogP contribution is -2.34. The van der Waals surface area contributed by atoms with Crippen molar-refractivity contribution in [2.24, 2.45) is 0 Å². The molecule has 0 spiro atoms. The van der Waals surface area contributed by atoms with Crippen LogP contribution >= 0.6 is 0 Å². The monoisotopic (exact) mass is 210 g/mol. The largest absolute Gasteiger partial charge is 0.465 e. The number of nitrogens with zero attached hydrogens (tertiary/aromatic N) is 1. The summed E-state index contributed by atoms with van der Waals surface area (Å²) in [4.78, 5) is 12.9. The zero-order chi connectivity index (χ0) is 11.4. The van der Waals surface area contributed by atoms with Crippen molar-refractivity contribution in [3.63, 3.8) is 0 Å². The van der Waals surface area contributed by atoms with Gasteiger partial charge in [0.15, 0.2) is 0 Å². The molecule has 0 saturated heterocycles. The van der Waals surface area contributed by atoms with Crippen LogP contribution in [0.25, 0.3) is 0 Å². The highest BCUT2D eigenvalue weighted by atomic mass is 16.3. The molecule has 0 aliphatic rings. The number of furan rings is 1. The van der Waals surface area contributed by atoms with Gasteiger partial charge in [0.05, 0.1) is 12.6 Å². The fourth-order valence-corrected chi connectivity index (χ4v) is 1.19. The minimum atomic E-state index is 0.0580. The maximum Gasteiger partial charge on any atom is 0.236 e. The number of carbonyl (C=O) groups is 1. The van der Waals surface area contributed by atoms with Gasteiger partial charge in [-0.1, -0.05) is 0 Å². The molecule has 0 aliphatic heterocycles. The Bertz CT molecular complexity index is 331. The second-order valence-corrected chi connectivity index (χ2v) is 3.84. The van der Waals surface area contributed by atoms with Crippen LogP contribution in [0.2, 0.25) is 0 Å². The minimum absolute atomic E-state index is 0.0580. The van der Waals surface area contributed by atoms with E-state index >= 15 is 0 Å². The highest BCUT2D eigenvalue weighted by Crippen LogP contribution is 2.14. The molecule has 0 unspecified atom stereocenters. The average molecular weight is 210 g/mol. The Hall–Kier alpha value is -1.29. The molecule has 4 nitrogen and oxygen atoms in total. The third kappa shape index (κ3) is 3.40. The van der Waals surface area contributed by atoms with E-state index in [1.165, 1.54) is 0 Å². The van der Waals surface area contributed by atoms with Crippen molar-refractivity contribution >= 4 is 5.91 Å². The van der Waals surface area contributed by atoms with Crippen LogP contribution in [0, 0.1) is 6.92 Å². The number of hydrogen-bond acceptors (Lipinski definition) is 3. The van der Waals surface area contributed by atoms with Gasteiger partial charge in [0.2, 0.25) is 5.91 Å². The normalized spacial score (nSPS) is 12.5. The third-order valence-corrected chi connectivity index (χ3v) is 2.25. The summed E-state index contributed by atoms with van der Waals surface area (Å²) in [7, 11) is 3.48. The van der Waals surface area contributed by atoms with E-state index in [1.807, 2.05) is 26.0 Å². The molecule has 1 aromatic heterocycles. The van der Waals surface area contributed by atoms with E-state index in [-0.39, 0.29) is 11.9 Å². The summed E-state index contributed by atoms with van der Waals surface area (Å²) >= 11 is 0. The van der Waals surface area contributed by atoms with Crippen LogP contribution < -0.4 is 5.32 Å². The van der Waals surface area contributed by atoms with Gasteiger partial charge in [-0.15, -0.1) is 0 Å². The number of carbonyl (C=O) groups excluding carboxylic acids is 1. The highest BCUT2D eigenvalue weighted by Gasteiger charge is 2.11. The molecule has 1 heterocycles. The summed E-state index contributed by atoms with van der Waals surface area (Å²) in [5, 5.41) is 3.11. The Labute approximate surface area is 90.3 Å². The molecule has 0 fully saturated rings. The quantitative estimate of drug-likeness (QED) is 0.815. The number of nitrogens with one attached hydrogen (secondary N) is 1. The van der Waals surface area contributed by atoms with Gasteiger partial charge in [0, 0.05) is 14.1 Å². The van der Waals surface area contributed by atoms with Crippen LogP contribution in [0.4, 0.5) is 0 Å². The van der Waals surface area contributed by atoms with Gasteiger partial charge < -0.3 is 9.32 Å². The van der Waals surface area contributed by atoms with Gasteiger partial charge in [-0.2, -0.15) is 0 Å². The lowest BCUT2D eigenvalue weighted by molar-refractivity contribution is -0.127. The van der Waals surface area contributed by atoms with Crippen LogP contribution in [0.1, 0.15) is 24.5 Å². The third-order valence-electron chi connectivity index (χ3n) is 2.25. The first-order chi connectivity index (χ1) is 7.00. The predicted octanol–water partition coefficient (Wildman–Crippen LogP) is 1.33. The molecule has 15 heavy (non-hydrogen) atoms. The van der Waals surface area contributed by atoms with E-state index in [9.17, 15) is 4.79 Å². The number of rotatable bonds is 4. The maximum absolute atomic E-state index is 11.3. The van der Waals surface area contributed by atoms with Crippen molar-refractivity contribution in [3.8, 4) is 0 Å². The number of likely N-dealkylation sites (N-methyl/N-ethyl adjacent to an activating group) is 1. The fraction of sp³-hybridized carbons (Fsp3) is 0.545. The topological polar surface area (TPSA) is 45.5 Å². The molecule has 0 aromatic carbocycles. The van der Waals surface area contributed by atoms with Gasteiger partial charge >= 0.3 is 0 Å². The van der Waals surface area contributed by atoms with Gasteiger partial charge in [-0.3, -0.25) is 10.1 Å². The molecule has 0 aliphatic carbocycles. The molecule has 1 rings (SSSR count). The number of amides is 1. The molecule has 0 radical (unpaired) electrons. The van der Waals surface area contributed by atoms with Gasteiger partial charge in [0.1, 0.15) is 11.5 Å². The van der Waals surface area contributed by atoms with E-state index in [2.05, 4.69) is 5.32 Å². The Morgan fingerprint density at radius 2 is 2.20 bits per heavy atom.